The predicted molar refractivity (Wildman–Crippen MR) is 341 cm³/mol. The Labute approximate surface area is 514 Å². The van der Waals surface area contributed by atoms with E-state index in [0.717, 1.165) is 118 Å². The summed E-state index contributed by atoms with van der Waals surface area (Å²) in [6.45, 7) is 16.2. The zero-order chi connectivity index (χ0) is 59.5. The summed E-state index contributed by atoms with van der Waals surface area (Å²) in [5.41, 5.74) is 6.93. The fourth-order valence-corrected chi connectivity index (χ4v) is 21.0. The Bertz CT molecular complexity index is 2800. The molecular weight excluding hydrogens is 1050 g/mol. The third-order valence-corrected chi connectivity index (χ3v) is 26.5. The first-order valence-corrected chi connectivity index (χ1v) is 33.4. The van der Waals surface area contributed by atoms with E-state index in [1.807, 2.05) is 0 Å². The lowest BCUT2D eigenvalue weighted by Gasteiger charge is -2.57. The van der Waals surface area contributed by atoms with Crippen molar-refractivity contribution in [3.8, 4) is 24.7 Å². The number of terminal acetylenes is 2. The van der Waals surface area contributed by atoms with Gasteiger partial charge in [0.2, 0.25) is 0 Å². The van der Waals surface area contributed by atoms with Gasteiger partial charge in [-0.25, -0.2) is 0 Å². The Morgan fingerprint density at radius 1 is 0.424 bits per heavy atom. The third kappa shape index (κ3) is 12.5. The van der Waals surface area contributed by atoms with Gasteiger partial charge in [-0.05, 0) is 252 Å². The monoisotopic (exact) mass is 1160 g/mol. The van der Waals surface area contributed by atoms with Crippen LogP contribution >= 0.6 is 0 Å². The van der Waals surface area contributed by atoms with Crippen molar-refractivity contribution in [3.05, 3.63) is 58.2 Å². The summed E-state index contributed by atoms with van der Waals surface area (Å²) in [6.07, 6.45) is 52.9. The zero-order valence-electron chi connectivity index (χ0n) is 52.1. The maximum absolute atomic E-state index is 12.8. The van der Waals surface area contributed by atoms with Crippen molar-refractivity contribution in [1.29, 1.82) is 0 Å². The Kier molecular flexibility index (Phi) is 20.2. The van der Waals surface area contributed by atoms with Crippen LogP contribution in [0, 0.1) is 110 Å². The van der Waals surface area contributed by atoms with Gasteiger partial charge in [-0.1, -0.05) is 86.6 Å². The van der Waals surface area contributed by atoms with Crippen molar-refractivity contribution < 1.29 is 39.0 Å². The van der Waals surface area contributed by atoms with Gasteiger partial charge in [0, 0.05) is 67.1 Å². The second kappa shape index (κ2) is 25.7. The van der Waals surface area contributed by atoms with Crippen molar-refractivity contribution in [2.45, 2.75) is 275 Å². The Hall–Kier alpha value is -4.24. The van der Waals surface area contributed by atoms with E-state index in [1.165, 1.54) is 82.6 Å². The van der Waals surface area contributed by atoms with Crippen molar-refractivity contribution in [3.63, 3.8) is 0 Å². The van der Waals surface area contributed by atoms with Crippen LogP contribution in [0.2, 0.25) is 0 Å². The van der Waals surface area contributed by atoms with Crippen LogP contribution in [0.4, 0.5) is 0 Å². The molecule has 8 nitrogen and oxygen atoms in total. The van der Waals surface area contributed by atoms with E-state index in [2.05, 4.69) is 72.5 Å². The van der Waals surface area contributed by atoms with Gasteiger partial charge in [-0.15, -0.1) is 24.7 Å². The van der Waals surface area contributed by atoms with Gasteiger partial charge in [0.1, 0.15) is 0 Å². The molecule has 14 rings (SSSR count). The minimum Gasteiger partial charge on any atom is -0.393 e. The molecule has 14 aliphatic rings. The summed E-state index contributed by atoms with van der Waals surface area (Å²) in [5, 5.41) is 19.6. The van der Waals surface area contributed by atoms with Crippen LogP contribution in [0.5, 0.6) is 0 Å². The summed E-state index contributed by atoms with van der Waals surface area (Å²) >= 11 is 0. The lowest BCUT2D eigenvalue weighted by molar-refractivity contribution is -0.130. The molecule has 14 aliphatic carbocycles. The number of Topliss-reactive ketones (excluding diaryl/α,β-unsaturated/α-hetero) is 3. The molecule has 8 heteroatoms. The summed E-state index contributed by atoms with van der Waals surface area (Å²) in [4.78, 5) is 70.1. The molecule has 0 bridgehead atoms. The second-order valence-corrected chi connectivity index (χ2v) is 31.1. The minimum atomic E-state index is -0.0953. The van der Waals surface area contributed by atoms with Gasteiger partial charge in [0.15, 0.2) is 34.7 Å². The Morgan fingerprint density at radius 2 is 0.894 bits per heavy atom. The number of hydrogen-bond acceptors (Lipinski definition) is 8. The fourth-order valence-electron chi connectivity index (χ4n) is 21.0. The first kappa shape index (κ1) is 66.7. The smallest absolute Gasteiger partial charge is 0.159 e. The van der Waals surface area contributed by atoms with Gasteiger partial charge in [-0.2, -0.15) is 0 Å². The summed E-state index contributed by atoms with van der Waals surface area (Å²) in [7, 11) is 0. The van der Waals surface area contributed by atoms with Crippen LogP contribution in [0.1, 0.15) is 262 Å². The lowest BCUT2D eigenvalue weighted by Crippen LogP contribution is -2.52. The van der Waals surface area contributed by atoms with Crippen molar-refractivity contribution >= 4 is 34.7 Å². The van der Waals surface area contributed by atoms with E-state index in [9.17, 15) is 39.0 Å². The van der Waals surface area contributed by atoms with Gasteiger partial charge >= 0.3 is 0 Å². The average Bonchev–Trinajstić information content (AvgIpc) is 1.77. The molecular formula is C77H110O8. The maximum atomic E-state index is 12.8. The Morgan fingerprint density at radius 3 is 1.44 bits per heavy atom. The number of ketones is 6. The molecule has 9 saturated carbocycles. The Balaban J connectivity index is 0.000000141. The molecule has 0 aliphatic heterocycles. The molecule has 0 heterocycles. The zero-order valence-corrected chi connectivity index (χ0v) is 52.1. The third-order valence-electron chi connectivity index (χ3n) is 26.5. The molecule has 0 aromatic rings. The van der Waals surface area contributed by atoms with Gasteiger partial charge < -0.3 is 10.2 Å². The number of rotatable bonds is 0. The molecule has 9 fully saturated rings. The number of carbonyl (C=O) groups excluding carboxylic acids is 6. The van der Waals surface area contributed by atoms with E-state index < -0.39 is 0 Å². The van der Waals surface area contributed by atoms with E-state index in [4.69, 9.17) is 12.8 Å². The highest BCUT2D eigenvalue weighted by Crippen LogP contribution is 2.68. The van der Waals surface area contributed by atoms with Crippen molar-refractivity contribution in [2.24, 2.45) is 85.2 Å². The first-order chi connectivity index (χ1) is 39.3. The van der Waals surface area contributed by atoms with Crippen molar-refractivity contribution in [1.82, 2.24) is 0 Å². The number of allylic oxidation sites excluding steroid dienone is 7. The average molecular weight is 1160 g/mol. The highest BCUT2D eigenvalue weighted by atomic mass is 16.3. The van der Waals surface area contributed by atoms with Gasteiger partial charge in [0.25, 0.3) is 0 Å². The van der Waals surface area contributed by atoms with Crippen LogP contribution in [-0.2, 0) is 28.8 Å². The van der Waals surface area contributed by atoms with E-state index in [0.29, 0.717) is 84.4 Å². The highest BCUT2D eigenvalue weighted by Gasteiger charge is 2.61. The standard InChI is InChI=1S/C21H26O2.C21H30O.2C11H14O2.C11H18O.2CH4/c1-4-13-5-6-16-15-12-19(23)18-11-14(22)7-9-21(18,3)17(15)8-10-20(13,16)2;1-4-14-6-8-18-17-7-5-15-13-16(22)9-11-21(15,3)19(17)10-12-20(14,18)2;2*1-11-5-2-3-10(13)9(11)7-8(12)4-6-11;1-11-6-3-2-4-9(11)8-10(12)5-7-11;;/h1,11,13,15-17H,5-10,12H2,2-3H3;1,5,14,16-19,22H,6-13H2,2-3H3;2*7H,2-6H2,1H3;4,10,12H,2-3,5-8H2,1H3;2*1H4/t13-,15?,16?,17?,20+,21+;14-,16-,17?,18?,19?,20+,21-;2*11-;10-,11-;;/m00000../s1. The molecule has 0 amide bonds. The van der Waals surface area contributed by atoms with E-state index in [1.54, 1.807) is 23.8 Å². The van der Waals surface area contributed by atoms with E-state index in [-0.39, 0.29) is 83.4 Å². The van der Waals surface area contributed by atoms with Gasteiger partial charge in [-0.3, -0.25) is 28.8 Å². The molecule has 466 valence electrons. The molecule has 0 saturated heterocycles. The van der Waals surface area contributed by atoms with Crippen LogP contribution in [-0.4, -0.2) is 57.1 Å². The van der Waals surface area contributed by atoms with Crippen LogP contribution in [0.3, 0.4) is 0 Å². The highest BCUT2D eigenvalue weighted by molar-refractivity contribution is 6.07. The fraction of sp³-hybridized carbons (Fsp3) is 0.740. The maximum Gasteiger partial charge on any atom is 0.159 e. The molecule has 2 N–H and O–H groups in total. The number of aliphatic hydroxyl groups is 2. The minimum absolute atomic E-state index is 0. The van der Waals surface area contributed by atoms with E-state index >= 15 is 0 Å². The van der Waals surface area contributed by atoms with Crippen LogP contribution in [0.15, 0.2) is 58.2 Å². The van der Waals surface area contributed by atoms with Crippen LogP contribution in [0.25, 0.3) is 0 Å². The molecule has 0 aromatic heterocycles. The summed E-state index contributed by atoms with van der Waals surface area (Å²) < 4.78 is 0. The summed E-state index contributed by atoms with van der Waals surface area (Å²) in [6, 6.07) is 0. The molecule has 0 radical (unpaired) electrons. The largest absolute Gasteiger partial charge is 0.393 e. The number of fused-ring (bicyclic) bond motifs is 13. The predicted octanol–water partition coefficient (Wildman–Crippen LogP) is 16.5. The molecule has 85 heavy (non-hydrogen) atoms. The SMILES string of the molecule is C.C.C#C[C@H]1CCC2C3CC(=O)C4=CC(=O)CC[C@]4(C)C3CC[C@@]21C.C#C[C@H]1CCC2C3CC=C4C[C@@H](O)CC[C@]4(C)C3CC[C@@]21C.C[C@@]12CCCC(=O)C1=CC(=O)CC2.C[C@@]12CCCC(=O)C1=CC(=O)CC2.C[C@@]12CCCC=C1C[C@@H](O)CC2. The molecule has 17 atom stereocenters. The lowest BCUT2D eigenvalue weighted by atomic mass is 9.46. The van der Waals surface area contributed by atoms with Crippen LogP contribution < -0.4 is 0 Å². The number of carbonyl (C=O) groups is 6. The molecule has 6 unspecified atom stereocenters. The molecule has 0 spiro atoms. The number of hydrogen-bond donors (Lipinski definition) is 2. The summed E-state index contributed by atoms with van der Waals surface area (Å²) in [5.74, 6) is 12.2. The topological polar surface area (TPSA) is 143 Å². The number of aliphatic hydroxyl groups excluding tert-OH is 2. The first-order valence-electron chi connectivity index (χ1n) is 33.4. The normalized spacial score (nSPS) is 43.4. The van der Waals surface area contributed by atoms with Gasteiger partial charge in [0.05, 0.1) is 12.2 Å². The van der Waals surface area contributed by atoms with Crippen molar-refractivity contribution in [2.75, 3.05) is 0 Å². The second-order valence-electron chi connectivity index (χ2n) is 31.1. The molecule has 0 aromatic carbocycles. The quantitative estimate of drug-likeness (QED) is 0.180.